The highest BCUT2D eigenvalue weighted by molar-refractivity contribution is 6.19. The first-order valence-corrected chi connectivity index (χ1v) is 16.3. The SMILES string of the molecule is C=CCOC(=O)CC[C@@H]1C2N/C(=C/c3[nH]c(c(C=C)c3C)/C=c3\[nH]c(c(CC)\c3=C\O)/C=c3\[nH]c4c(c3C)C(=O)[C@H](C(=O)OC)C=42)[C@H]1C. The topological polar surface area (TPSA) is 149 Å². The number of Topliss-reactive ketones (excluding diaryl/α,β-unsaturated/α-hetero) is 1. The van der Waals surface area contributed by atoms with Crippen LogP contribution in [0.15, 0.2) is 24.9 Å². The van der Waals surface area contributed by atoms with E-state index in [9.17, 15) is 19.5 Å². The zero-order chi connectivity index (χ0) is 34.4. The van der Waals surface area contributed by atoms with E-state index in [1.807, 2.05) is 39.0 Å². The van der Waals surface area contributed by atoms with E-state index in [2.05, 4.69) is 46.4 Å². The van der Waals surface area contributed by atoms with E-state index >= 15 is 0 Å². The smallest absolute Gasteiger partial charge is 0.320 e. The van der Waals surface area contributed by atoms with Crippen LogP contribution in [-0.4, -0.2) is 57.5 Å². The number of hydrogen-bond donors (Lipinski definition) is 5. The van der Waals surface area contributed by atoms with Gasteiger partial charge in [0, 0.05) is 56.8 Å². The quantitative estimate of drug-likeness (QED) is 0.143. The second-order valence-electron chi connectivity index (χ2n) is 12.7. The number of aliphatic hydroxyl groups is 1. The van der Waals surface area contributed by atoms with Crippen LogP contribution in [0.2, 0.25) is 0 Å². The Hall–Kier alpha value is -5.25. The molecule has 6 rings (SSSR count). The summed E-state index contributed by atoms with van der Waals surface area (Å²) in [7, 11) is 1.29. The number of fused-ring (bicyclic) bond motifs is 8. The molecule has 2 aliphatic heterocycles. The van der Waals surface area contributed by atoms with Crippen LogP contribution >= 0.6 is 0 Å². The summed E-state index contributed by atoms with van der Waals surface area (Å²) in [5.74, 6) is -2.67. The Balaban J connectivity index is 1.68. The van der Waals surface area contributed by atoms with Gasteiger partial charge in [0.1, 0.15) is 12.5 Å². The summed E-state index contributed by atoms with van der Waals surface area (Å²) in [5.41, 5.74) is 7.97. The zero-order valence-corrected chi connectivity index (χ0v) is 28.0. The highest BCUT2D eigenvalue weighted by Crippen LogP contribution is 2.42. The summed E-state index contributed by atoms with van der Waals surface area (Å²) in [6.45, 7) is 15.8. The van der Waals surface area contributed by atoms with Gasteiger partial charge in [-0.1, -0.05) is 39.2 Å². The van der Waals surface area contributed by atoms with Gasteiger partial charge < -0.3 is 34.8 Å². The molecule has 0 aromatic carbocycles. The van der Waals surface area contributed by atoms with Gasteiger partial charge in [-0.15, -0.1) is 0 Å². The van der Waals surface area contributed by atoms with Crippen LogP contribution in [0.1, 0.15) is 76.4 Å². The van der Waals surface area contributed by atoms with E-state index in [1.165, 1.54) is 13.2 Å². The van der Waals surface area contributed by atoms with Gasteiger partial charge in [0.2, 0.25) is 0 Å². The lowest BCUT2D eigenvalue weighted by molar-refractivity contribution is -0.143. The Morgan fingerprint density at radius 2 is 1.77 bits per heavy atom. The number of methoxy groups -OCH3 is 1. The fourth-order valence-corrected chi connectivity index (χ4v) is 7.72. The number of aromatic nitrogens is 3. The number of allylic oxidation sites excluding steroid dienone is 1. The minimum atomic E-state index is -1.14. The molecule has 1 saturated heterocycles. The molecular weight excluding hydrogens is 608 g/mol. The van der Waals surface area contributed by atoms with Crippen molar-refractivity contribution in [3.63, 3.8) is 0 Å². The van der Waals surface area contributed by atoms with Crippen molar-refractivity contribution >= 4 is 53.9 Å². The lowest BCUT2D eigenvalue weighted by Crippen LogP contribution is -2.38. The van der Waals surface area contributed by atoms with Gasteiger partial charge in [0.15, 0.2) is 5.78 Å². The van der Waals surface area contributed by atoms with Gasteiger partial charge in [0.05, 0.1) is 30.1 Å². The molecule has 10 heteroatoms. The summed E-state index contributed by atoms with van der Waals surface area (Å²) < 4.78 is 10.5. The number of carbonyl (C=O) groups excluding carboxylic acids is 3. The maximum absolute atomic E-state index is 14.2. The summed E-state index contributed by atoms with van der Waals surface area (Å²) in [6, 6.07) is -0.467. The predicted molar refractivity (Wildman–Crippen MR) is 185 cm³/mol. The monoisotopic (exact) mass is 650 g/mol. The second kappa shape index (κ2) is 12.7. The van der Waals surface area contributed by atoms with Crippen molar-refractivity contribution in [1.29, 1.82) is 0 Å². The molecule has 4 atom stereocenters. The van der Waals surface area contributed by atoms with Crippen molar-refractivity contribution in [2.24, 2.45) is 17.8 Å². The van der Waals surface area contributed by atoms with E-state index in [0.29, 0.717) is 45.5 Å². The highest BCUT2D eigenvalue weighted by atomic mass is 16.5. The maximum atomic E-state index is 14.2. The first-order valence-electron chi connectivity index (χ1n) is 16.3. The molecule has 0 amide bonds. The molecule has 250 valence electrons. The molecule has 3 aliphatic rings. The number of ketones is 1. The Kier molecular flexibility index (Phi) is 8.68. The van der Waals surface area contributed by atoms with E-state index in [1.54, 1.807) is 0 Å². The fraction of sp³-hybridized carbons (Fsp3) is 0.342. The van der Waals surface area contributed by atoms with Crippen molar-refractivity contribution in [3.05, 3.63) is 91.1 Å². The molecule has 1 aliphatic carbocycles. The Labute approximate surface area is 278 Å². The van der Waals surface area contributed by atoms with Crippen molar-refractivity contribution < 1.29 is 29.0 Å². The Morgan fingerprint density at radius 3 is 2.44 bits per heavy atom. The molecule has 3 aromatic heterocycles. The summed E-state index contributed by atoms with van der Waals surface area (Å²) in [5, 5.41) is 16.8. The summed E-state index contributed by atoms with van der Waals surface area (Å²) >= 11 is 0. The van der Waals surface area contributed by atoms with Crippen LogP contribution in [0.5, 0.6) is 0 Å². The van der Waals surface area contributed by atoms with Crippen LogP contribution in [0, 0.1) is 31.6 Å². The van der Waals surface area contributed by atoms with Crippen molar-refractivity contribution in [2.45, 2.75) is 53.0 Å². The minimum Gasteiger partial charge on any atom is -0.515 e. The van der Waals surface area contributed by atoms with Crippen LogP contribution in [0.4, 0.5) is 0 Å². The largest absolute Gasteiger partial charge is 0.515 e. The van der Waals surface area contributed by atoms with Gasteiger partial charge in [-0.25, -0.2) is 0 Å². The normalized spacial score (nSPS) is 23.8. The number of esters is 2. The first-order chi connectivity index (χ1) is 23.1. The highest BCUT2D eigenvalue weighted by Gasteiger charge is 2.49. The third-order valence-corrected chi connectivity index (χ3v) is 10.2. The molecule has 5 N–H and O–H groups in total. The molecule has 1 fully saturated rings. The Morgan fingerprint density at radius 1 is 1.02 bits per heavy atom. The van der Waals surface area contributed by atoms with E-state index in [-0.39, 0.29) is 36.6 Å². The number of H-pyrrole nitrogens is 3. The maximum Gasteiger partial charge on any atom is 0.320 e. The first kappa shape index (κ1) is 32.7. The molecule has 0 spiro atoms. The third kappa shape index (κ3) is 5.16. The standard InChI is InChI=1S/C38H42N4O6/c1-8-13-48-31(44)12-11-23-19(5)26-14-25-18(4)21(9-2)28(39-25)16-30-24(17-43)22(10-3)29(40-30)15-27-20(6)32-36(42-27)33(35(23)41-26)34(37(32)45)38(46)47-7/h8-9,14-17,19,23,34-35,39-43H,1-2,10-13H2,3-7H3/b24-17-,26-14+,27-15-,30-16-/t19-,23-,34+,35?/m0/s1. The second-order valence-corrected chi connectivity index (χ2v) is 12.7. The predicted octanol–water partition coefficient (Wildman–Crippen LogP) is 2.67. The summed E-state index contributed by atoms with van der Waals surface area (Å²) in [6.07, 6.45) is 11.7. The number of ether oxygens (including phenoxy) is 2. The lowest BCUT2D eigenvalue weighted by atomic mass is 9.80. The van der Waals surface area contributed by atoms with Crippen molar-refractivity contribution in [3.8, 4) is 0 Å². The van der Waals surface area contributed by atoms with Gasteiger partial charge >= 0.3 is 11.9 Å². The van der Waals surface area contributed by atoms with E-state index < -0.39 is 17.9 Å². The number of rotatable bonds is 8. The minimum absolute atomic E-state index is 0.0829. The van der Waals surface area contributed by atoms with Gasteiger partial charge in [-0.3, -0.25) is 14.4 Å². The lowest BCUT2D eigenvalue weighted by Gasteiger charge is -2.25. The van der Waals surface area contributed by atoms with E-state index in [0.717, 1.165) is 51.1 Å². The average Bonchev–Trinajstić information content (AvgIpc) is 3.82. The number of nitrogens with one attached hydrogen (secondary N) is 4. The molecule has 5 heterocycles. The molecule has 3 aromatic rings. The fourth-order valence-electron chi connectivity index (χ4n) is 7.72. The molecule has 1 unspecified atom stereocenters. The molecule has 0 radical (unpaired) electrons. The van der Waals surface area contributed by atoms with Crippen LogP contribution in [0.3, 0.4) is 0 Å². The van der Waals surface area contributed by atoms with Crippen molar-refractivity contribution in [1.82, 2.24) is 20.3 Å². The molecule has 0 saturated carbocycles. The van der Waals surface area contributed by atoms with Gasteiger partial charge in [-0.2, -0.15) is 0 Å². The van der Waals surface area contributed by atoms with E-state index in [4.69, 9.17) is 9.47 Å². The number of hydrogen-bond acceptors (Lipinski definition) is 7. The molecule has 48 heavy (non-hydrogen) atoms. The number of aromatic amines is 3. The van der Waals surface area contributed by atoms with Crippen LogP contribution < -0.4 is 26.6 Å². The number of aliphatic hydroxyl groups excluding tert-OH is 1. The van der Waals surface area contributed by atoms with Gasteiger partial charge in [-0.05, 0) is 73.1 Å². The third-order valence-electron chi connectivity index (χ3n) is 10.2. The van der Waals surface area contributed by atoms with Crippen LogP contribution in [-0.2, 0) is 25.5 Å². The van der Waals surface area contributed by atoms with Gasteiger partial charge in [0.25, 0.3) is 0 Å². The van der Waals surface area contributed by atoms with Crippen molar-refractivity contribution in [2.75, 3.05) is 13.7 Å². The Bertz CT molecular complexity index is 2160. The summed E-state index contributed by atoms with van der Waals surface area (Å²) in [4.78, 5) is 50.8. The number of carbonyl (C=O) groups is 3. The molecule has 10 nitrogen and oxygen atoms in total. The molecular formula is C38H42N4O6. The molecule has 8 bridgehead atoms. The average molecular weight is 651 g/mol. The zero-order valence-electron chi connectivity index (χ0n) is 28.0. The van der Waals surface area contributed by atoms with Crippen LogP contribution in [0.25, 0.3) is 36.1 Å².